The van der Waals surface area contributed by atoms with Gasteiger partial charge in [0.2, 0.25) is 0 Å². The molecule has 1 fully saturated rings. The van der Waals surface area contributed by atoms with Crippen LogP contribution in [0, 0.1) is 11.8 Å². The Balaban J connectivity index is 2.15. The third-order valence-electron chi connectivity index (χ3n) is 4.13. The van der Waals surface area contributed by atoms with E-state index < -0.39 is 5.60 Å². The first-order valence-corrected chi connectivity index (χ1v) is 6.50. The van der Waals surface area contributed by atoms with E-state index in [1.54, 1.807) is 12.1 Å². The normalized spacial score (nSPS) is 33.6. The van der Waals surface area contributed by atoms with E-state index in [4.69, 9.17) is 0 Å². The molecule has 0 bridgehead atoms. The molecule has 0 heterocycles. The van der Waals surface area contributed by atoms with Crippen LogP contribution in [0.3, 0.4) is 0 Å². The second-order valence-electron chi connectivity index (χ2n) is 5.74. The summed E-state index contributed by atoms with van der Waals surface area (Å²) in [5.74, 6) is 1.21. The molecule has 1 saturated carbocycles. The van der Waals surface area contributed by atoms with Crippen molar-refractivity contribution < 1.29 is 10.2 Å². The number of phenols is 1. The Morgan fingerprint density at radius 1 is 1.29 bits per heavy atom. The lowest BCUT2D eigenvalue weighted by Crippen LogP contribution is -2.43. The first kappa shape index (κ1) is 12.4. The lowest BCUT2D eigenvalue weighted by atomic mass is 9.69. The Labute approximate surface area is 103 Å². The molecule has 94 valence electrons. The molecule has 1 aromatic rings. The number of aromatic hydroxyl groups is 1. The van der Waals surface area contributed by atoms with Gasteiger partial charge in [-0.15, -0.1) is 0 Å². The molecule has 2 nitrogen and oxygen atoms in total. The van der Waals surface area contributed by atoms with E-state index in [1.165, 1.54) is 6.42 Å². The number of phenolic OH excluding ortho intramolecular Hbond substituents is 1. The summed E-state index contributed by atoms with van der Waals surface area (Å²) in [5, 5.41) is 20.2. The van der Waals surface area contributed by atoms with Gasteiger partial charge in [0.05, 0.1) is 5.60 Å². The average Bonchev–Trinajstić information content (AvgIpc) is 2.24. The molecule has 17 heavy (non-hydrogen) atoms. The van der Waals surface area contributed by atoms with E-state index >= 15 is 0 Å². The van der Waals surface area contributed by atoms with Crippen LogP contribution in [0.2, 0.25) is 0 Å². The van der Waals surface area contributed by atoms with Crippen LogP contribution in [0.25, 0.3) is 0 Å². The SMILES string of the molecule is CC1CCC(C)C(O)(Cc2cccc(O)c2)C1. The van der Waals surface area contributed by atoms with E-state index in [9.17, 15) is 10.2 Å². The Hall–Kier alpha value is -1.02. The molecule has 1 aliphatic carbocycles. The zero-order chi connectivity index (χ0) is 12.5. The fraction of sp³-hybridized carbons (Fsp3) is 0.600. The summed E-state index contributed by atoms with van der Waals surface area (Å²) in [6.45, 7) is 4.34. The molecule has 3 atom stereocenters. The molecular formula is C15H22O2. The average molecular weight is 234 g/mol. The molecule has 2 heteroatoms. The smallest absolute Gasteiger partial charge is 0.115 e. The summed E-state index contributed by atoms with van der Waals surface area (Å²) in [5.41, 5.74) is 0.416. The Kier molecular flexibility index (Phi) is 3.43. The lowest BCUT2D eigenvalue weighted by Gasteiger charge is -2.41. The minimum atomic E-state index is -0.606. The van der Waals surface area contributed by atoms with Gasteiger partial charge in [-0.05, 0) is 42.4 Å². The predicted octanol–water partition coefficient (Wildman–Crippen LogP) is 3.12. The highest BCUT2D eigenvalue weighted by Gasteiger charge is 2.38. The number of benzene rings is 1. The number of hydrogen-bond donors (Lipinski definition) is 2. The molecule has 0 amide bonds. The van der Waals surface area contributed by atoms with Crippen LogP contribution in [-0.2, 0) is 6.42 Å². The molecule has 0 radical (unpaired) electrons. The topological polar surface area (TPSA) is 40.5 Å². The monoisotopic (exact) mass is 234 g/mol. The standard InChI is InChI=1S/C15H22O2/c1-11-6-7-12(2)15(17,9-11)10-13-4-3-5-14(16)8-13/h3-5,8,11-12,16-17H,6-7,9-10H2,1-2H3. The minimum Gasteiger partial charge on any atom is -0.508 e. The van der Waals surface area contributed by atoms with Crippen molar-refractivity contribution >= 4 is 0 Å². The second kappa shape index (κ2) is 4.69. The van der Waals surface area contributed by atoms with E-state index in [1.807, 2.05) is 12.1 Å². The maximum atomic E-state index is 10.8. The summed E-state index contributed by atoms with van der Waals surface area (Å²) < 4.78 is 0. The predicted molar refractivity (Wildman–Crippen MR) is 68.9 cm³/mol. The number of rotatable bonds is 2. The van der Waals surface area contributed by atoms with E-state index in [0.717, 1.165) is 18.4 Å². The van der Waals surface area contributed by atoms with Crippen molar-refractivity contribution in [3.63, 3.8) is 0 Å². The fourth-order valence-corrected chi connectivity index (χ4v) is 2.98. The van der Waals surface area contributed by atoms with Crippen LogP contribution >= 0.6 is 0 Å². The zero-order valence-electron chi connectivity index (χ0n) is 10.7. The number of hydrogen-bond acceptors (Lipinski definition) is 2. The van der Waals surface area contributed by atoms with Crippen LogP contribution in [0.4, 0.5) is 0 Å². The van der Waals surface area contributed by atoms with Crippen molar-refractivity contribution in [3.8, 4) is 5.75 Å². The lowest BCUT2D eigenvalue weighted by molar-refractivity contribution is -0.0560. The second-order valence-corrected chi connectivity index (χ2v) is 5.74. The van der Waals surface area contributed by atoms with Crippen molar-refractivity contribution in [3.05, 3.63) is 29.8 Å². The van der Waals surface area contributed by atoms with Gasteiger partial charge < -0.3 is 10.2 Å². The first-order valence-electron chi connectivity index (χ1n) is 6.50. The largest absolute Gasteiger partial charge is 0.508 e. The molecule has 0 aliphatic heterocycles. The van der Waals surface area contributed by atoms with Gasteiger partial charge in [-0.2, -0.15) is 0 Å². The van der Waals surface area contributed by atoms with Gasteiger partial charge in [0, 0.05) is 6.42 Å². The van der Waals surface area contributed by atoms with Gasteiger partial charge in [0.25, 0.3) is 0 Å². The number of aliphatic hydroxyl groups is 1. The van der Waals surface area contributed by atoms with E-state index in [2.05, 4.69) is 13.8 Å². The van der Waals surface area contributed by atoms with Crippen molar-refractivity contribution in [2.45, 2.75) is 45.1 Å². The summed E-state index contributed by atoms with van der Waals surface area (Å²) in [7, 11) is 0. The van der Waals surface area contributed by atoms with Gasteiger partial charge in [0.15, 0.2) is 0 Å². The molecule has 0 spiro atoms. The summed E-state index contributed by atoms with van der Waals surface area (Å²) in [6, 6.07) is 7.24. The van der Waals surface area contributed by atoms with Gasteiger partial charge in [-0.1, -0.05) is 32.4 Å². The van der Waals surface area contributed by atoms with E-state index in [-0.39, 0.29) is 5.75 Å². The van der Waals surface area contributed by atoms with Crippen molar-refractivity contribution in [2.75, 3.05) is 0 Å². The van der Waals surface area contributed by atoms with Crippen LogP contribution in [-0.4, -0.2) is 15.8 Å². The highest BCUT2D eigenvalue weighted by molar-refractivity contribution is 5.28. The molecular weight excluding hydrogens is 212 g/mol. The van der Waals surface area contributed by atoms with Gasteiger partial charge >= 0.3 is 0 Å². The fourth-order valence-electron chi connectivity index (χ4n) is 2.98. The first-order chi connectivity index (χ1) is 7.99. The van der Waals surface area contributed by atoms with Crippen molar-refractivity contribution in [1.82, 2.24) is 0 Å². The Bertz CT molecular complexity index is 388. The van der Waals surface area contributed by atoms with Crippen molar-refractivity contribution in [1.29, 1.82) is 0 Å². The molecule has 2 rings (SSSR count). The molecule has 1 aliphatic rings. The summed E-state index contributed by atoms with van der Waals surface area (Å²) in [4.78, 5) is 0. The summed E-state index contributed by atoms with van der Waals surface area (Å²) in [6.07, 6.45) is 3.82. The Morgan fingerprint density at radius 3 is 2.76 bits per heavy atom. The highest BCUT2D eigenvalue weighted by atomic mass is 16.3. The molecule has 1 aromatic carbocycles. The quantitative estimate of drug-likeness (QED) is 0.825. The highest BCUT2D eigenvalue weighted by Crippen LogP contribution is 2.39. The minimum absolute atomic E-state index is 0.280. The molecule has 2 N–H and O–H groups in total. The van der Waals surface area contributed by atoms with Crippen molar-refractivity contribution in [2.24, 2.45) is 11.8 Å². The molecule has 0 saturated heterocycles. The third kappa shape index (κ3) is 2.81. The maximum absolute atomic E-state index is 10.8. The summed E-state index contributed by atoms with van der Waals surface area (Å²) >= 11 is 0. The van der Waals surface area contributed by atoms with Crippen LogP contribution in [0.5, 0.6) is 5.75 Å². The molecule has 3 unspecified atom stereocenters. The van der Waals surface area contributed by atoms with Gasteiger partial charge in [-0.3, -0.25) is 0 Å². The molecule has 0 aromatic heterocycles. The van der Waals surface area contributed by atoms with Crippen LogP contribution in [0.1, 0.15) is 38.7 Å². The van der Waals surface area contributed by atoms with Crippen LogP contribution in [0.15, 0.2) is 24.3 Å². The van der Waals surface area contributed by atoms with Gasteiger partial charge in [-0.25, -0.2) is 0 Å². The van der Waals surface area contributed by atoms with Gasteiger partial charge in [0.1, 0.15) is 5.75 Å². The van der Waals surface area contributed by atoms with E-state index in [0.29, 0.717) is 18.3 Å². The third-order valence-corrected chi connectivity index (χ3v) is 4.13. The maximum Gasteiger partial charge on any atom is 0.115 e. The zero-order valence-corrected chi connectivity index (χ0v) is 10.7. The Morgan fingerprint density at radius 2 is 2.06 bits per heavy atom. The van der Waals surface area contributed by atoms with Crippen LogP contribution < -0.4 is 0 Å².